The van der Waals surface area contributed by atoms with Gasteiger partial charge in [0, 0.05) is 28.3 Å². The molecule has 1 aromatic heterocycles. The minimum atomic E-state index is 0.141. The van der Waals surface area contributed by atoms with Gasteiger partial charge in [-0.3, -0.25) is 4.79 Å². The van der Waals surface area contributed by atoms with Crippen molar-refractivity contribution in [3.63, 3.8) is 0 Å². The Labute approximate surface area is 102 Å². The third kappa shape index (κ3) is 2.71. The molecule has 0 aliphatic rings. The predicted octanol–water partition coefficient (Wildman–Crippen LogP) is 3.26. The van der Waals surface area contributed by atoms with Gasteiger partial charge in [-0.1, -0.05) is 20.8 Å². The Morgan fingerprint density at radius 3 is 2.69 bits per heavy atom. The number of hydrogen-bond acceptors (Lipinski definition) is 3. The van der Waals surface area contributed by atoms with Crippen LogP contribution in [0.1, 0.15) is 48.0 Å². The van der Waals surface area contributed by atoms with Crippen LogP contribution in [0.5, 0.6) is 0 Å². The van der Waals surface area contributed by atoms with E-state index in [1.54, 1.807) is 11.3 Å². The molecule has 0 fully saturated rings. The van der Waals surface area contributed by atoms with Crippen LogP contribution in [-0.4, -0.2) is 12.8 Å². The molecule has 1 unspecified atom stereocenters. The van der Waals surface area contributed by atoms with E-state index in [4.69, 9.17) is 0 Å². The Hall–Kier alpha value is -0.670. The van der Waals surface area contributed by atoms with E-state index in [2.05, 4.69) is 19.2 Å². The number of Topliss-reactive ketones (excluding diaryl/α,β-unsaturated/α-hetero) is 1. The number of carbonyl (C=O) groups is 1. The van der Waals surface area contributed by atoms with E-state index in [0.717, 1.165) is 24.9 Å². The number of thiophene rings is 1. The van der Waals surface area contributed by atoms with Gasteiger partial charge < -0.3 is 5.32 Å². The molecule has 16 heavy (non-hydrogen) atoms. The van der Waals surface area contributed by atoms with Crippen LogP contribution in [0.4, 0.5) is 0 Å². The van der Waals surface area contributed by atoms with Crippen molar-refractivity contribution in [1.29, 1.82) is 0 Å². The van der Waals surface area contributed by atoms with Gasteiger partial charge in [-0.25, -0.2) is 0 Å². The fraction of sp³-hybridized carbons (Fsp3) is 0.615. The molecule has 1 N–H and O–H groups in total. The summed E-state index contributed by atoms with van der Waals surface area (Å²) < 4.78 is 0. The van der Waals surface area contributed by atoms with Crippen LogP contribution < -0.4 is 5.32 Å². The van der Waals surface area contributed by atoms with Crippen molar-refractivity contribution >= 4 is 17.1 Å². The van der Waals surface area contributed by atoms with Gasteiger partial charge in [0.05, 0.1) is 0 Å². The maximum absolute atomic E-state index is 12.2. The van der Waals surface area contributed by atoms with Crippen molar-refractivity contribution in [3.8, 4) is 0 Å². The second-order valence-electron chi connectivity index (χ2n) is 4.11. The molecule has 0 bridgehead atoms. The Kier molecular flexibility index (Phi) is 5.16. The fourth-order valence-corrected chi connectivity index (χ4v) is 2.92. The van der Waals surface area contributed by atoms with Crippen LogP contribution >= 0.6 is 11.3 Å². The highest BCUT2D eigenvalue weighted by atomic mass is 32.1. The van der Waals surface area contributed by atoms with Gasteiger partial charge >= 0.3 is 0 Å². The van der Waals surface area contributed by atoms with E-state index in [0.29, 0.717) is 5.78 Å². The van der Waals surface area contributed by atoms with Crippen LogP contribution in [0.2, 0.25) is 0 Å². The molecule has 1 atom stereocenters. The highest BCUT2D eigenvalue weighted by Gasteiger charge is 2.19. The molecule has 0 aliphatic carbocycles. The van der Waals surface area contributed by atoms with E-state index in [9.17, 15) is 4.79 Å². The van der Waals surface area contributed by atoms with Gasteiger partial charge in [0.1, 0.15) is 0 Å². The van der Waals surface area contributed by atoms with Gasteiger partial charge in [-0.15, -0.1) is 11.3 Å². The molecule has 1 heterocycles. The molecule has 1 rings (SSSR count). The molecular formula is C13H21NOS. The first-order valence-electron chi connectivity index (χ1n) is 5.93. The summed E-state index contributed by atoms with van der Waals surface area (Å²) in [5.41, 5.74) is 2.19. The maximum Gasteiger partial charge on any atom is 0.166 e. The number of rotatable bonds is 6. The van der Waals surface area contributed by atoms with Gasteiger partial charge in [0.25, 0.3) is 0 Å². The van der Waals surface area contributed by atoms with E-state index in [1.807, 2.05) is 19.4 Å². The molecule has 3 heteroatoms. The molecule has 0 radical (unpaired) electrons. The van der Waals surface area contributed by atoms with Gasteiger partial charge in [-0.05, 0) is 25.5 Å². The van der Waals surface area contributed by atoms with E-state index in [1.165, 1.54) is 10.4 Å². The zero-order valence-corrected chi connectivity index (χ0v) is 11.4. The number of nitrogens with one attached hydrogen (secondary N) is 1. The first kappa shape index (κ1) is 13.4. The van der Waals surface area contributed by atoms with Crippen molar-refractivity contribution < 1.29 is 4.79 Å². The summed E-state index contributed by atoms with van der Waals surface area (Å²) in [6, 6.07) is 0. The minimum Gasteiger partial charge on any atom is -0.315 e. The second kappa shape index (κ2) is 6.16. The van der Waals surface area contributed by atoms with E-state index < -0.39 is 0 Å². The second-order valence-corrected chi connectivity index (χ2v) is 5.07. The molecular weight excluding hydrogens is 218 g/mol. The SMILES string of the molecule is CCc1c(C(=O)C(C)CC)csc1CNC. The predicted molar refractivity (Wildman–Crippen MR) is 70.2 cm³/mol. The summed E-state index contributed by atoms with van der Waals surface area (Å²) in [5, 5.41) is 5.18. The Morgan fingerprint density at radius 2 is 2.19 bits per heavy atom. The van der Waals surface area contributed by atoms with Gasteiger partial charge in [0.15, 0.2) is 5.78 Å². The van der Waals surface area contributed by atoms with Crippen molar-refractivity contribution in [2.75, 3.05) is 7.05 Å². The summed E-state index contributed by atoms with van der Waals surface area (Å²) >= 11 is 1.70. The number of hydrogen-bond donors (Lipinski definition) is 1. The van der Waals surface area contributed by atoms with E-state index >= 15 is 0 Å². The largest absolute Gasteiger partial charge is 0.315 e. The van der Waals surface area contributed by atoms with Crippen LogP contribution in [0, 0.1) is 5.92 Å². The molecule has 90 valence electrons. The molecule has 0 amide bonds. The maximum atomic E-state index is 12.2. The van der Waals surface area contributed by atoms with Crippen LogP contribution in [-0.2, 0) is 13.0 Å². The zero-order chi connectivity index (χ0) is 12.1. The highest BCUT2D eigenvalue weighted by Crippen LogP contribution is 2.26. The smallest absolute Gasteiger partial charge is 0.166 e. The van der Waals surface area contributed by atoms with Crippen LogP contribution in [0.3, 0.4) is 0 Å². The molecule has 0 aromatic carbocycles. The lowest BCUT2D eigenvalue weighted by atomic mass is 9.95. The number of ketones is 1. The molecule has 2 nitrogen and oxygen atoms in total. The minimum absolute atomic E-state index is 0.141. The standard InChI is InChI=1S/C13H21NOS/c1-5-9(3)13(15)11-8-16-12(7-14-4)10(11)6-2/h8-9,14H,5-7H2,1-4H3. The lowest BCUT2D eigenvalue weighted by molar-refractivity contribution is 0.0927. The normalized spacial score (nSPS) is 12.8. The molecule has 1 aromatic rings. The van der Waals surface area contributed by atoms with Crippen molar-refractivity contribution in [2.24, 2.45) is 5.92 Å². The number of carbonyl (C=O) groups excluding carboxylic acids is 1. The van der Waals surface area contributed by atoms with Crippen molar-refractivity contribution in [1.82, 2.24) is 5.32 Å². The Balaban J connectivity index is 3.00. The Bertz CT molecular complexity index is 357. The lowest BCUT2D eigenvalue weighted by Gasteiger charge is -2.08. The first-order chi connectivity index (χ1) is 7.65. The monoisotopic (exact) mass is 239 g/mol. The summed E-state index contributed by atoms with van der Waals surface area (Å²) in [7, 11) is 1.94. The molecule has 0 spiro atoms. The topological polar surface area (TPSA) is 29.1 Å². The van der Waals surface area contributed by atoms with Crippen molar-refractivity contribution in [3.05, 3.63) is 21.4 Å². The summed E-state index contributed by atoms with van der Waals surface area (Å²) in [4.78, 5) is 13.5. The zero-order valence-electron chi connectivity index (χ0n) is 10.6. The summed E-state index contributed by atoms with van der Waals surface area (Å²) in [6.07, 6.45) is 1.86. The average molecular weight is 239 g/mol. The third-order valence-electron chi connectivity index (χ3n) is 3.00. The fourth-order valence-electron chi connectivity index (χ4n) is 1.78. The average Bonchev–Trinajstić information content (AvgIpc) is 2.70. The van der Waals surface area contributed by atoms with Gasteiger partial charge in [0.2, 0.25) is 0 Å². The molecule has 0 saturated heterocycles. The van der Waals surface area contributed by atoms with Crippen LogP contribution in [0.25, 0.3) is 0 Å². The highest BCUT2D eigenvalue weighted by molar-refractivity contribution is 7.10. The summed E-state index contributed by atoms with van der Waals surface area (Å²) in [6.45, 7) is 7.06. The quantitative estimate of drug-likeness (QED) is 0.772. The third-order valence-corrected chi connectivity index (χ3v) is 4.03. The molecule has 0 saturated carbocycles. The Morgan fingerprint density at radius 1 is 1.50 bits per heavy atom. The first-order valence-corrected chi connectivity index (χ1v) is 6.81. The lowest BCUT2D eigenvalue weighted by Crippen LogP contribution is -2.12. The van der Waals surface area contributed by atoms with E-state index in [-0.39, 0.29) is 5.92 Å². The summed E-state index contributed by atoms with van der Waals surface area (Å²) in [5.74, 6) is 0.445. The van der Waals surface area contributed by atoms with Gasteiger partial charge in [-0.2, -0.15) is 0 Å². The van der Waals surface area contributed by atoms with Crippen LogP contribution in [0.15, 0.2) is 5.38 Å². The molecule has 0 aliphatic heterocycles. The van der Waals surface area contributed by atoms with Crippen molar-refractivity contribution in [2.45, 2.75) is 40.2 Å².